The SMILES string of the molecule is CCCC/C=C\CCCCCCCC(=O)OCCCCCCCCC/C=C\CCCCCCCC(=O)NC(CO)C(O)CCCCCCCCCCCCCCCCCC. The van der Waals surface area contributed by atoms with Crippen LogP contribution in [0.4, 0.5) is 0 Å². The molecule has 0 aromatic heterocycles. The van der Waals surface area contributed by atoms with E-state index in [-0.39, 0.29) is 18.5 Å². The molecule has 2 atom stereocenters. The van der Waals surface area contributed by atoms with Gasteiger partial charge in [-0.1, -0.05) is 224 Å². The average molecular weight is 846 g/mol. The molecule has 0 heterocycles. The van der Waals surface area contributed by atoms with Gasteiger partial charge in [0.25, 0.3) is 0 Å². The topological polar surface area (TPSA) is 95.9 Å². The Hall–Kier alpha value is -1.66. The number of aliphatic hydroxyl groups excluding tert-OH is 2. The minimum atomic E-state index is -0.674. The van der Waals surface area contributed by atoms with E-state index in [9.17, 15) is 19.8 Å². The number of aliphatic hydroxyl groups is 2. The van der Waals surface area contributed by atoms with E-state index in [1.165, 1.54) is 186 Å². The molecule has 354 valence electrons. The second-order valence-electron chi connectivity index (χ2n) is 18.2. The Labute approximate surface area is 373 Å². The molecule has 2 unspecified atom stereocenters. The van der Waals surface area contributed by atoms with Crippen LogP contribution >= 0.6 is 0 Å². The number of esters is 1. The molecule has 0 aliphatic heterocycles. The zero-order valence-corrected chi connectivity index (χ0v) is 40.2. The van der Waals surface area contributed by atoms with Crippen molar-refractivity contribution in [2.75, 3.05) is 13.2 Å². The molecule has 60 heavy (non-hydrogen) atoms. The van der Waals surface area contributed by atoms with Crippen molar-refractivity contribution in [1.29, 1.82) is 0 Å². The first-order valence-corrected chi connectivity index (χ1v) is 26.6. The van der Waals surface area contributed by atoms with E-state index in [1.807, 2.05) is 0 Å². The fourth-order valence-electron chi connectivity index (χ4n) is 8.08. The molecular formula is C54H103NO5. The number of ether oxygens (including phenoxy) is 1. The van der Waals surface area contributed by atoms with Crippen LogP contribution in [0.3, 0.4) is 0 Å². The molecule has 0 fully saturated rings. The van der Waals surface area contributed by atoms with Gasteiger partial charge >= 0.3 is 5.97 Å². The van der Waals surface area contributed by atoms with Crippen molar-refractivity contribution in [2.45, 2.75) is 296 Å². The van der Waals surface area contributed by atoms with E-state index in [0.29, 0.717) is 25.9 Å². The first kappa shape index (κ1) is 58.3. The van der Waals surface area contributed by atoms with Crippen LogP contribution in [0.2, 0.25) is 0 Å². The number of nitrogens with one attached hydrogen (secondary N) is 1. The molecule has 6 nitrogen and oxygen atoms in total. The summed E-state index contributed by atoms with van der Waals surface area (Å²) in [6.07, 6.45) is 58.6. The van der Waals surface area contributed by atoms with Gasteiger partial charge in [-0.05, 0) is 70.6 Å². The van der Waals surface area contributed by atoms with E-state index in [4.69, 9.17) is 4.74 Å². The number of amides is 1. The second-order valence-corrected chi connectivity index (χ2v) is 18.2. The lowest BCUT2D eigenvalue weighted by molar-refractivity contribution is -0.143. The summed E-state index contributed by atoms with van der Waals surface area (Å²) in [5, 5.41) is 23.2. The van der Waals surface area contributed by atoms with Crippen molar-refractivity contribution in [1.82, 2.24) is 5.32 Å². The van der Waals surface area contributed by atoms with Crippen LogP contribution in [0.25, 0.3) is 0 Å². The molecule has 0 bridgehead atoms. The largest absolute Gasteiger partial charge is 0.466 e. The lowest BCUT2D eigenvalue weighted by Crippen LogP contribution is -2.45. The highest BCUT2D eigenvalue weighted by Gasteiger charge is 2.20. The number of hydrogen-bond donors (Lipinski definition) is 3. The van der Waals surface area contributed by atoms with Crippen LogP contribution in [0.15, 0.2) is 24.3 Å². The predicted molar refractivity (Wildman–Crippen MR) is 260 cm³/mol. The Morgan fingerprint density at radius 2 is 0.800 bits per heavy atom. The van der Waals surface area contributed by atoms with Gasteiger partial charge in [-0.15, -0.1) is 0 Å². The fourth-order valence-corrected chi connectivity index (χ4v) is 8.08. The van der Waals surface area contributed by atoms with Gasteiger partial charge in [0.05, 0.1) is 25.4 Å². The van der Waals surface area contributed by atoms with Crippen LogP contribution < -0.4 is 5.32 Å². The molecule has 1 amide bonds. The van der Waals surface area contributed by atoms with Crippen LogP contribution in [0.5, 0.6) is 0 Å². The Morgan fingerprint density at radius 1 is 0.450 bits per heavy atom. The number of carbonyl (C=O) groups excluding carboxylic acids is 2. The molecule has 0 aliphatic carbocycles. The smallest absolute Gasteiger partial charge is 0.305 e. The lowest BCUT2D eigenvalue weighted by atomic mass is 10.0. The lowest BCUT2D eigenvalue weighted by Gasteiger charge is -2.22. The highest BCUT2D eigenvalue weighted by Crippen LogP contribution is 2.16. The molecule has 0 rings (SSSR count). The summed E-state index contributed by atoms with van der Waals surface area (Å²) >= 11 is 0. The molecule has 0 saturated carbocycles. The van der Waals surface area contributed by atoms with Gasteiger partial charge in [0, 0.05) is 12.8 Å². The second kappa shape index (κ2) is 50.0. The maximum Gasteiger partial charge on any atom is 0.305 e. The van der Waals surface area contributed by atoms with Crippen molar-refractivity contribution in [3.05, 3.63) is 24.3 Å². The maximum absolute atomic E-state index is 12.5. The van der Waals surface area contributed by atoms with Crippen molar-refractivity contribution >= 4 is 11.9 Å². The van der Waals surface area contributed by atoms with Gasteiger partial charge in [0.1, 0.15) is 0 Å². The number of carbonyl (C=O) groups is 2. The number of hydrogen-bond acceptors (Lipinski definition) is 5. The third kappa shape index (κ3) is 45.9. The molecule has 0 aromatic carbocycles. The molecule has 3 N–H and O–H groups in total. The van der Waals surface area contributed by atoms with E-state index in [2.05, 4.69) is 43.5 Å². The third-order valence-electron chi connectivity index (χ3n) is 12.2. The number of allylic oxidation sites excluding steroid dienone is 4. The fraction of sp³-hybridized carbons (Fsp3) is 0.889. The van der Waals surface area contributed by atoms with Crippen LogP contribution in [0, 0.1) is 0 Å². The molecule has 0 radical (unpaired) electrons. The van der Waals surface area contributed by atoms with Crippen molar-refractivity contribution in [3.63, 3.8) is 0 Å². The van der Waals surface area contributed by atoms with Crippen LogP contribution in [0.1, 0.15) is 284 Å². The van der Waals surface area contributed by atoms with E-state index >= 15 is 0 Å². The van der Waals surface area contributed by atoms with E-state index in [0.717, 1.165) is 64.2 Å². The summed E-state index contributed by atoms with van der Waals surface area (Å²) in [5.41, 5.74) is 0. The van der Waals surface area contributed by atoms with Gasteiger partial charge in [0.15, 0.2) is 0 Å². The van der Waals surface area contributed by atoms with Crippen molar-refractivity contribution < 1.29 is 24.5 Å². The van der Waals surface area contributed by atoms with E-state index in [1.54, 1.807) is 0 Å². The normalized spacial score (nSPS) is 12.8. The minimum absolute atomic E-state index is 0.0140. The molecule has 0 aliphatic rings. The highest BCUT2D eigenvalue weighted by atomic mass is 16.5. The summed E-state index contributed by atoms with van der Waals surface area (Å²) in [6.45, 7) is 4.89. The first-order chi connectivity index (χ1) is 29.5. The summed E-state index contributed by atoms with van der Waals surface area (Å²) in [5.74, 6) is -0.0654. The zero-order valence-electron chi connectivity index (χ0n) is 40.2. The monoisotopic (exact) mass is 846 g/mol. The standard InChI is InChI=1S/C54H103NO5/c1-3-5-7-9-11-13-15-16-17-20-23-27-30-34-38-42-46-52(57)51(50-56)55-53(58)47-43-39-35-31-28-24-21-18-19-22-25-29-33-37-41-45-49-60-54(59)48-44-40-36-32-26-14-12-10-8-6-4-2/h10,12,18,21,51-52,56-57H,3-9,11,13-17,19-20,22-50H2,1-2H3,(H,55,58)/b12-10-,21-18-. The molecule has 0 aromatic rings. The minimum Gasteiger partial charge on any atom is -0.466 e. The summed E-state index contributed by atoms with van der Waals surface area (Å²) in [6, 6.07) is -0.553. The molecule has 6 heteroatoms. The van der Waals surface area contributed by atoms with Gasteiger partial charge in [-0.25, -0.2) is 0 Å². The van der Waals surface area contributed by atoms with Gasteiger partial charge < -0.3 is 20.3 Å². The highest BCUT2D eigenvalue weighted by molar-refractivity contribution is 5.76. The first-order valence-electron chi connectivity index (χ1n) is 26.6. The Kier molecular flexibility index (Phi) is 48.6. The average Bonchev–Trinajstić information content (AvgIpc) is 3.25. The van der Waals surface area contributed by atoms with Gasteiger partial charge in [-0.3, -0.25) is 9.59 Å². The molecule has 0 saturated heterocycles. The summed E-state index contributed by atoms with van der Waals surface area (Å²) in [4.78, 5) is 24.4. The third-order valence-corrected chi connectivity index (χ3v) is 12.2. The predicted octanol–water partition coefficient (Wildman–Crippen LogP) is 15.9. The number of rotatable bonds is 49. The quantitative estimate of drug-likeness (QED) is 0.0322. The van der Waals surface area contributed by atoms with E-state index < -0.39 is 12.1 Å². The number of unbranched alkanes of at least 4 members (excludes halogenated alkanes) is 34. The molecular weight excluding hydrogens is 743 g/mol. The van der Waals surface area contributed by atoms with Crippen LogP contribution in [-0.4, -0.2) is 47.4 Å². The van der Waals surface area contributed by atoms with Crippen LogP contribution in [-0.2, 0) is 14.3 Å². The molecule has 0 spiro atoms. The van der Waals surface area contributed by atoms with Crippen molar-refractivity contribution in [2.24, 2.45) is 0 Å². The Morgan fingerprint density at radius 3 is 1.23 bits per heavy atom. The summed E-state index contributed by atoms with van der Waals surface area (Å²) in [7, 11) is 0. The zero-order chi connectivity index (χ0) is 43.7. The van der Waals surface area contributed by atoms with Crippen molar-refractivity contribution in [3.8, 4) is 0 Å². The van der Waals surface area contributed by atoms with Gasteiger partial charge in [-0.2, -0.15) is 0 Å². The Balaban J connectivity index is 3.48. The Bertz CT molecular complexity index is 935. The maximum atomic E-state index is 12.5. The summed E-state index contributed by atoms with van der Waals surface area (Å²) < 4.78 is 5.44. The van der Waals surface area contributed by atoms with Gasteiger partial charge in [0.2, 0.25) is 5.91 Å².